The van der Waals surface area contributed by atoms with Crippen molar-refractivity contribution in [1.29, 1.82) is 0 Å². The van der Waals surface area contributed by atoms with Crippen LogP contribution in [-0.2, 0) is 16.6 Å². The molecule has 92 valence electrons. The average Bonchev–Trinajstić information content (AvgIpc) is 2.63. The van der Waals surface area contributed by atoms with E-state index in [2.05, 4.69) is 5.32 Å². The second-order valence-electron chi connectivity index (χ2n) is 3.60. The first kappa shape index (κ1) is 12.8. The maximum Gasteiger partial charge on any atom is 0.326 e. The molecule has 0 radical (unpaired) electrons. The normalized spacial score (nSPS) is 11.8. The number of hydrogen-bond donors (Lipinski definition) is 3. The predicted octanol–water partition coefficient (Wildman–Crippen LogP) is -0.916. The molecule has 7 heteroatoms. The molecule has 0 saturated heterocycles. The zero-order chi connectivity index (χ0) is 13.0. The van der Waals surface area contributed by atoms with Crippen LogP contribution in [0, 0.1) is 0 Å². The van der Waals surface area contributed by atoms with Gasteiger partial charge in [0.1, 0.15) is 6.04 Å². The van der Waals surface area contributed by atoms with Gasteiger partial charge in [-0.1, -0.05) is 0 Å². The monoisotopic (exact) mass is 239 g/mol. The first-order valence-corrected chi connectivity index (χ1v) is 4.84. The first-order valence-electron chi connectivity index (χ1n) is 4.84. The van der Waals surface area contributed by atoms with E-state index in [1.807, 2.05) is 0 Å². The van der Waals surface area contributed by atoms with Crippen molar-refractivity contribution in [3.05, 3.63) is 24.0 Å². The number of aryl methyl sites for hydroxylation is 1. The molecule has 0 saturated carbocycles. The molecule has 2 amide bonds. The van der Waals surface area contributed by atoms with E-state index in [9.17, 15) is 14.4 Å². The minimum Gasteiger partial charge on any atom is -0.480 e. The zero-order valence-electron chi connectivity index (χ0n) is 9.21. The lowest BCUT2D eigenvalue weighted by molar-refractivity contribution is -0.140. The Kier molecular flexibility index (Phi) is 3.86. The lowest BCUT2D eigenvalue weighted by Gasteiger charge is -2.11. The van der Waals surface area contributed by atoms with Gasteiger partial charge >= 0.3 is 5.97 Å². The third-order valence-electron chi connectivity index (χ3n) is 2.10. The molecule has 1 rings (SSSR count). The molecule has 0 aliphatic carbocycles. The van der Waals surface area contributed by atoms with Gasteiger partial charge in [0.15, 0.2) is 0 Å². The van der Waals surface area contributed by atoms with Crippen LogP contribution in [0.2, 0.25) is 0 Å². The average molecular weight is 239 g/mol. The van der Waals surface area contributed by atoms with Crippen LogP contribution in [0.5, 0.6) is 0 Å². The molecule has 0 aliphatic heterocycles. The Morgan fingerprint density at radius 2 is 2.18 bits per heavy atom. The van der Waals surface area contributed by atoms with Crippen LogP contribution in [0.4, 0.5) is 0 Å². The van der Waals surface area contributed by atoms with Gasteiger partial charge in [0.25, 0.3) is 5.91 Å². The van der Waals surface area contributed by atoms with Crippen LogP contribution in [-0.4, -0.2) is 33.5 Å². The molecule has 0 aromatic carbocycles. The quantitative estimate of drug-likeness (QED) is 0.616. The van der Waals surface area contributed by atoms with Crippen molar-refractivity contribution < 1.29 is 19.5 Å². The van der Waals surface area contributed by atoms with Gasteiger partial charge in [-0.3, -0.25) is 9.59 Å². The Hall–Kier alpha value is -2.31. The Balaban J connectivity index is 2.70. The molecule has 1 aromatic heterocycles. The molecule has 17 heavy (non-hydrogen) atoms. The van der Waals surface area contributed by atoms with Crippen molar-refractivity contribution in [2.24, 2.45) is 12.8 Å². The van der Waals surface area contributed by atoms with Crippen LogP contribution in [0.1, 0.15) is 16.8 Å². The topological polar surface area (TPSA) is 114 Å². The number of hydrogen-bond acceptors (Lipinski definition) is 3. The van der Waals surface area contributed by atoms with E-state index in [1.165, 1.54) is 0 Å². The maximum atomic E-state index is 11.6. The number of aromatic nitrogens is 1. The molecule has 0 aliphatic rings. The summed E-state index contributed by atoms with van der Waals surface area (Å²) in [5, 5.41) is 11.0. The number of primary amides is 1. The molecule has 1 atom stereocenters. The Morgan fingerprint density at radius 3 is 2.59 bits per heavy atom. The zero-order valence-corrected chi connectivity index (χ0v) is 9.21. The largest absolute Gasteiger partial charge is 0.480 e. The van der Waals surface area contributed by atoms with E-state index in [0.717, 1.165) is 0 Å². The fraction of sp³-hybridized carbons (Fsp3) is 0.300. The molecule has 4 N–H and O–H groups in total. The highest BCUT2D eigenvalue weighted by Gasteiger charge is 2.22. The van der Waals surface area contributed by atoms with Gasteiger partial charge in [-0.15, -0.1) is 0 Å². The number of carbonyl (C=O) groups excluding carboxylic acids is 2. The van der Waals surface area contributed by atoms with Crippen LogP contribution in [0.3, 0.4) is 0 Å². The van der Waals surface area contributed by atoms with E-state index in [-0.39, 0.29) is 0 Å². The van der Waals surface area contributed by atoms with Gasteiger partial charge < -0.3 is 20.7 Å². The van der Waals surface area contributed by atoms with Crippen LogP contribution < -0.4 is 11.1 Å². The summed E-state index contributed by atoms with van der Waals surface area (Å²) in [7, 11) is 1.73. The number of nitrogens with zero attached hydrogens (tertiary/aromatic N) is 1. The van der Waals surface area contributed by atoms with Gasteiger partial charge in [-0.05, 0) is 6.07 Å². The Bertz CT molecular complexity index is 452. The standard InChI is InChI=1S/C10H13N3O4/c1-13-3-2-6(5-13)9(15)12-7(10(16)17)4-8(11)14/h2-3,5,7H,4H2,1H3,(H2,11,14)(H,12,15)(H,16,17)/t7-/m0/s1. The summed E-state index contributed by atoms with van der Waals surface area (Å²) in [5.41, 5.74) is 5.21. The highest BCUT2D eigenvalue weighted by Crippen LogP contribution is 2.01. The first-order chi connectivity index (χ1) is 7.90. The van der Waals surface area contributed by atoms with E-state index in [4.69, 9.17) is 10.8 Å². The number of rotatable bonds is 5. The van der Waals surface area contributed by atoms with Gasteiger partial charge in [0.05, 0.1) is 12.0 Å². The second kappa shape index (κ2) is 5.15. The van der Waals surface area contributed by atoms with E-state index in [0.29, 0.717) is 5.56 Å². The summed E-state index contributed by atoms with van der Waals surface area (Å²) >= 11 is 0. The number of carbonyl (C=O) groups is 3. The van der Waals surface area contributed by atoms with E-state index >= 15 is 0 Å². The molecule has 0 spiro atoms. The van der Waals surface area contributed by atoms with Crippen LogP contribution in [0.15, 0.2) is 18.5 Å². The number of carboxylic acids is 1. The van der Waals surface area contributed by atoms with Gasteiger partial charge in [0.2, 0.25) is 5.91 Å². The minimum absolute atomic E-state index is 0.322. The maximum absolute atomic E-state index is 11.6. The number of carboxylic acid groups (broad SMARTS) is 1. The highest BCUT2D eigenvalue weighted by atomic mass is 16.4. The minimum atomic E-state index is -1.31. The van der Waals surface area contributed by atoms with Crippen molar-refractivity contribution in [2.75, 3.05) is 0 Å². The second-order valence-corrected chi connectivity index (χ2v) is 3.60. The SMILES string of the molecule is Cn1ccc(C(=O)N[C@@H](CC(N)=O)C(=O)O)c1. The lowest BCUT2D eigenvalue weighted by Crippen LogP contribution is -2.43. The van der Waals surface area contributed by atoms with Gasteiger partial charge in [0, 0.05) is 19.4 Å². The Labute approximate surface area is 97.2 Å². The molecule has 0 unspecified atom stereocenters. The smallest absolute Gasteiger partial charge is 0.326 e. The molecular formula is C10H13N3O4. The number of nitrogens with two attached hydrogens (primary N) is 1. The van der Waals surface area contributed by atoms with Crippen molar-refractivity contribution in [1.82, 2.24) is 9.88 Å². The molecule has 1 heterocycles. The summed E-state index contributed by atoms with van der Waals surface area (Å²) in [6.45, 7) is 0. The number of aliphatic carboxylic acids is 1. The van der Waals surface area contributed by atoms with Gasteiger partial charge in [-0.25, -0.2) is 4.79 Å². The molecule has 0 fully saturated rings. The highest BCUT2D eigenvalue weighted by molar-refractivity contribution is 5.97. The summed E-state index contributed by atoms with van der Waals surface area (Å²) < 4.78 is 1.65. The van der Waals surface area contributed by atoms with Gasteiger partial charge in [-0.2, -0.15) is 0 Å². The fourth-order valence-corrected chi connectivity index (χ4v) is 1.28. The Morgan fingerprint density at radius 1 is 1.53 bits per heavy atom. The van der Waals surface area contributed by atoms with Crippen molar-refractivity contribution in [3.8, 4) is 0 Å². The van der Waals surface area contributed by atoms with E-state index in [1.54, 1.807) is 30.1 Å². The lowest BCUT2D eigenvalue weighted by atomic mass is 10.2. The summed E-state index contributed by atoms with van der Waals surface area (Å²) in [4.78, 5) is 33.0. The summed E-state index contributed by atoms with van der Waals surface area (Å²) in [6.07, 6.45) is 2.76. The number of nitrogens with one attached hydrogen (secondary N) is 1. The molecule has 0 bridgehead atoms. The van der Waals surface area contributed by atoms with Crippen LogP contribution in [0.25, 0.3) is 0 Å². The molecular weight excluding hydrogens is 226 g/mol. The summed E-state index contributed by atoms with van der Waals surface area (Å²) in [6, 6.07) is 0.235. The predicted molar refractivity (Wildman–Crippen MR) is 58.1 cm³/mol. The fourth-order valence-electron chi connectivity index (χ4n) is 1.28. The summed E-state index contributed by atoms with van der Waals surface area (Å²) in [5.74, 6) is -2.64. The van der Waals surface area contributed by atoms with Crippen LogP contribution >= 0.6 is 0 Å². The molecule has 7 nitrogen and oxygen atoms in total. The third kappa shape index (κ3) is 3.63. The van der Waals surface area contributed by atoms with Crippen molar-refractivity contribution in [3.63, 3.8) is 0 Å². The van der Waals surface area contributed by atoms with E-state index < -0.39 is 30.2 Å². The molecule has 1 aromatic rings. The number of amides is 2. The van der Waals surface area contributed by atoms with Crippen molar-refractivity contribution >= 4 is 17.8 Å². The van der Waals surface area contributed by atoms with Crippen molar-refractivity contribution in [2.45, 2.75) is 12.5 Å². The third-order valence-corrected chi connectivity index (χ3v) is 2.10.